The largest absolute Gasteiger partial charge is 0.382 e. The standard InChI is InChI=1S/C16H11ClN2O2S/c17-13-7-9-6-12(19-16(9)22-13)15(21)18-11-5-8-3-1-2-4-10(8)14(11)20/h1-7,14,19-20H,(H,18,21). The number of aromatic nitrogens is 1. The molecule has 4 nitrogen and oxygen atoms in total. The minimum atomic E-state index is -0.800. The van der Waals surface area contributed by atoms with Gasteiger partial charge in [0.2, 0.25) is 0 Å². The molecule has 110 valence electrons. The van der Waals surface area contributed by atoms with Gasteiger partial charge < -0.3 is 15.4 Å². The molecule has 0 bridgehead atoms. The predicted molar refractivity (Wildman–Crippen MR) is 88.0 cm³/mol. The van der Waals surface area contributed by atoms with Crippen molar-refractivity contribution in [1.82, 2.24) is 10.3 Å². The molecule has 0 aliphatic heterocycles. The zero-order valence-electron chi connectivity index (χ0n) is 11.3. The summed E-state index contributed by atoms with van der Waals surface area (Å²) in [5.74, 6) is -0.280. The van der Waals surface area contributed by atoms with Crippen molar-refractivity contribution in [1.29, 1.82) is 0 Å². The highest BCUT2D eigenvalue weighted by Gasteiger charge is 2.24. The van der Waals surface area contributed by atoms with Crippen LogP contribution in [0, 0.1) is 0 Å². The number of fused-ring (bicyclic) bond motifs is 2. The Hall–Kier alpha value is -2.08. The van der Waals surface area contributed by atoms with Crippen LogP contribution in [0.15, 0.2) is 42.1 Å². The average molecular weight is 331 g/mol. The maximum atomic E-state index is 12.3. The third-order valence-corrected chi connectivity index (χ3v) is 4.87. The van der Waals surface area contributed by atoms with Gasteiger partial charge in [0.25, 0.3) is 5.91 Å². The van der Waals surface area contributed by atoms with E-state index in [0.29, 0.717) is 15.7 Å². The Bertz CT molecular complexity index is 894. The van der Waals surface area contributed by atoms with Crippen molar-refractivity contribution in [2.24, 2.45) is 0 Å². The van der Waals surface area contributed by atoms with Crippen LogP contribution >= 0.6 is 22.9 Å². The number of rotatable bonds is 2. The minimum Gasteiger partial charge on any atom is -0.382 e. The van der Waals surface area contributed by atoms with Gasteiger partial charge in [-0.3, -0.25) is 4.79 Å². The second-order valence-corrected chi connectivity index (χ2v) is 6.79. The average Bonchev–Trinajstić information content (AvgIpc) is 3.12. The summed E-state index contributed by atoms with van der Waals surface area (Å²) >= 11 is 7.31. The summed E-state index contributed by atoms with van der Waals surface area (Å²) in [7, 11) is 0. The summed E-state index contributed by atoms with van der Waals surface area (Å²) < 4.78 is 0.678. The van der Waals surface area contributed by atoms with Gasteiger partial charge in [0.1, 0.15) is 16.6 Å². The molecule has 0 saturated heterocycles. The molecule has 1 aliphatic carbocycles. The molecule has 1 atom stereocenters. The lowest BCUT2D eigenvalue weighted by Crippen LogP contribution is -2.25. The molecule has 1 aromatic carbocycles. The maximum Gasteiger partial charge on any atom is 0.271 e. The molecule has 3 N–H and O–H groups in total. The fraction of sp³-hybridized carbons (Fsp3) is 0.0625. The Labute approximate surface area is 135 Å². The number of H-pyrrole nitrogens is 1. The van der Waals surface area contributed by atoms with Gasteiger partial charge in [-0.25, -0.2) is 0 Å². The molecule has 1 aliphatic rings. The van der Waals surface area contributed by atoms with Crippen LogP contribution in [0.2, 0.25) is 4.34 Å². The number of nitrogens with one attached hydrogen (secondary N) is 2. The van der Waals surface area contributed by atoms with Crippen molar-refractivity contribution in [3.63, 3.8) is 0 Å². The zero-order chi connectivity index (χ0) is 15.3. The molecule has 0 spiro atoms. The lowest BCUT2D eigenvalue weighted by atomic mass is 10.1. The van der Waals surface area contributed by atoms with Crippen molar-refractivity contribution in [2.45, 2.75) is 6.10 Å². The van der Waals surface area contributed by atoms with Gasteiger partial charge in [0, 0.05) is 5.39 Å². The Morgan fingerprint density at radius 2 is 2.14 bits per heavy atom. The summed E-state index contributed by atoms with van der Waals surface area (Å²) in [5.41, 5.74) is 2.66. The highest BCUT2D eigenvalue weighted by Crippen LogP contribution is 2.33. The summed E-state index contributed by atoms with van der Waals surface area (Å²) in [4.78, 5) is 16.2. The molecule has 2 heterocycles. The molecule has 3 aromatic rings. The number of hydrogen-bond donors (Lipinski definition) is 3. The number of amides is 1. The van der Waals surface area contributed by atoms with E-state index in [2.05, 4.69) is 10.3 Å². The third-order valence-electron chi connectivity index (χ3n) is 3.68. The molecule has 1 unspecified atom stereocenters. The SMILES string of the molecule is O=C(NC1=Cc2ccccc2C1O)c1cc2cc(Cl)sc2[nH]1. The molecule has 4 rings (SSSR count). The number of aliphatic hydroxyl groups excluding tert-OH is 1. The van der Waals surface area contributed by atoms with Crippen LogP contribution in [-0.2, 0) is 0 Å². The summed E-state index contributed by atoms with van der Waals surface area (Å²) in [6.45, 7) is 0. The first kappa shape index (κ1) is 13.6. The van der Waals surface area contributed by atoms with Crippen molar-refractivity contribution >= 4 is 45.1 Å². The van der Waals surface area contributed by atoms with E-state index in [4.69, 9.17) is 11.6 Å². The van der Waals surface area contributed by atoms with Gasteiger partial charge in [-0.2, -0.15) is 0 Å². The first-order chi connectivity index (χ1) is 10.6. The Kier molecular flexibility index (Phi) is 3.07. The van der Waals surface area contributed by atoms with E-state index in [1.807, 2.05) is 30.3 Å². The van der Waals surface area contributed by atoms with Crippen LogP contribution in [0.3, 0.4) is 0 Å². The second-order valence-electron chi connectivity index (χ2n) is 5.10. The van der Waals surface area contributed by atoms with Crippen molar-refractivity contribution in [3.05, 3.63) is 63.3 Å². The van der Waals surface area contributed by atoms with E-state index in [0.717, 1.165) is 21.3 Å². The molecule has 1 amide bonds. The van der Waals surface area contributed by atoms with Crippen LogP contribution in [-0.4, -0.2) is 16.0 Å². The molecule has 6 heteroatoms. The van der Waals surface area contributed by atoms with Gasteiger partial charge in [-0.05, 0) is 29.3 Å². The van der Waals surface area contributed by atoms with Gasteiger partial charge in [0.15, 0.2) is 0 Å². The lowest BCUT2D eigenvalue weighted by molar-refractivity contribution is 0.0946. The Morgan fingerprint density at radius 3 is 2.91 bits per heavy atom. The van der Waals surface area contributed by atoms with Crippen LogP contribution < -0.4 is 5.32 Å². The molecular formula is C16H11ClN2O2S. The van der Waals surface area contributed by atoms with Crippen LogP contribution in [0.4, 0.5) is 0 Å². The normalized spacial score (nSPS) is 16.6. The summed E-state index contributed by atoms with van der Waals surface area (Å²) in [6, 6.07) is 11.1. The van der Waals surface area contributed by atoms with E-state index in [9.17, 15) is 9.90 Å². The second kappa shape index (κ2) is 4.98. The first-order valence-corrected chi connectivity index (χ1v) is 7.89. The number of aliphatic hydroxyl groups is 1. The van der Waals surface area contributed by atoms with Gasteiger partial charge in [-0.1, -0.05) is 35.9 Å². The van der Waals surface area contributed by atoms with Crippen LogP contribution in [0.5, 0.6) is 0 Å². The number of hydrogen-bond acceptors (Lipinski definition) is 3. The first-order valence-electron chi connectivity index (χ1n) is 6.70. The smallest absolute Gasteiger partial charge is 0.271 e. The Morgan fingerprint density at radius 1 is 1.32 bits per heavy atom. The number of halogens is 1. The van der Waals surface area contributed by atoms with Crippen molar-refractivity contribution in [2.75, 3.05) is 0 Å². The number of carbonyl (C=O) groups is 1. The van der Waals surface area contributed by atoms with Gasteiger partial charge >= 0.3 is 0 Å². The molecule has 0 radical (unpaired) electrons. The topological polar surface area (TPSA) is 65.1 Å². The van der Waals surface area contributed by atoms with E-state index in [1.54, 1.807) is 12.1 Å². The molecule has 0 fully saturated rings. The number of carbonyl (C=O) groups excluding carboxylic acids is 1. The van der Waals surface area contributed by atoms with E-state index in [-0.39, 0.29) is 5.91 Å². The molecule has 22 heavy (non-hydrogen) atoms. The van der Waals surface area contributed by atoms with Crippen molar-refractivity contribution in [3.8, 4) is 0 Å². The highest BCUT2D eigenvalue weighted by molar-refractivity contribution is 7.22. The van der Waals surface area contributed by atoms with E-state index >= 15 is 0 Å². The van der Waals surface area contributed by atoms with Gasteiger partial charge in [0.05, 0.1) is 10.0 Å². The predicted octanol–water partition coefficient (Wildman–Crippen LogP) is 3.70. The minimum absolute atomic E-state index is 0.280. The summed E-state index contributed by atoms with van der Waals surface area (Å²) in [6.07, 6.45) is 0.991. The van der Waals surface area contributed by atoms with Crippen molar-refractivity contribution < 1.29 is 9.90 Å². The maximum absolute atomic E-state index is 12.3. The third kappa shape index (κ3) is 2.14. The van der Waals surface area contributed by atoms with Gasteiger partial charge in [-0.15, -0.1) is 11.3 Å². The monoisotopic (exact) mass is 330 g/mol. The van der Waals surface area contributed by atoms with Crippen LogP contribution in [0.25, 0.3) is 16.3 Å². The molecule has 2 aromatic heterocycles. The molecule has 0 saturated carbocycles. The van der Waals surface area contributed by atoms with E-state index < -0.39 is 6.10 Å². The Balaban J connectivity index is 1.59. The fourth-order valence-corrected chi connectivity index (χ4v) is 3.75. The highest BCUT2D eigenvalue weighted by atomic mass is 35.5. The molecular weight excluding hydrogens is 320 g/mol. The van der Waals surface area contributed by atoms with Crippen LogP contribution in [0.1, 0.15) is 27.7 Å². The summed E-state index contributed by atoms with van der Waals surface area (Å²) in [5, 5.41) is 13.9. The lowest BCUT2D eigenvalue weighted by Gasteiger charge is -2.11. The quantitative estimate of drug-likeness (QED) is 0.670. The number of thiophene rings is 1. The van der Waals surface area contributed by atoms with E-state index in [1.165, 1.54) is 11.3 Å². The zero-order valence-corrected chi connectivity index (χ0v) is 12.8. The fourth-order valence-electron chi connectivity index (χ4n) is 2.62. The number of benzene rings is 1. The number of aromatic amines is 1.